The Balaban J connectivity index is 1.25. The number of allylic oxidation sites excluding steroid dienone is 6. The van der Waals surface area contributed by atoms with Crippen molar-refractivity contribution in [1.29, 1.82) is 5.26 Å². The zero-order valence-corrected chi connectivity index (χ0v) is 37.7. The summed E-state index contributed by atoms with van der Waals surface area (Å²) in [5.41, 5.74) is 26.4. The molecular formula is C60H50BFN4+. The Morgan fingerprint density at radius 1 is 0.652 bits per heavy atom. The average Bonchev–Trinajstić information content (AvgIpc) is 3.79. The summed E-state index contributed by atoms with van der Waals surface area (Å²) >= 11 is 0. The molecule has 0 unspecified atom stereocenters. The summed E-state index contributed by atoms with van der Waals surface area (Å²) in [5, 5.41) is 10.5. The van der Waals surface area contributed by atoms with Crippen molar-refractivity contribution in [3.05, 3.63) is 280 Å². The number of aromatic amines is 1. The van der Waals surface area contributed by atoms with E-state index in [2.05, 4.69) is 118 Å². The maximum Gasteiger partial charge on any atom is 0.792 e. The minimum atomic E-state index is 0.587. The van der Waals surface area contributed by atoms with Crippen LogP contribution in [-0.4, -0.2) is 22.9 Å². The molecule has 0 aliphatic carbocycles. The molecule has 7 aromatic rings. The molecule has 2 heterocycles. The van der Waals surface area contributed by atoms with Gasteiger partial charge in [-0.25, -0.2) is 8.80 Å². The zero-order chi connectivity index (χ0) is 46.3. The van der Waals surface area contributed by atoms with Crippen molar-refractivity contribution in [2.24, 2.45) is 5.73 Å². The van der Waals surface area contributed by atoms with Crippen LogP contribution in [0.2, 0.25) is 0 Å². The van der Waals surface area contributed by atoms with Crippen LogP contribution in [0.25, 0.3) is 39.0 Å². The molecule has 6 heteroatoms. The highest BCUT2D eigenvalue weighted by atomic mass is 19.1. The van der Waals surface area contributed by atoms with Gasteiger partial charge in [-0.15, -0.1) is 0 Å². The Labute approximate surface area is 389 Å². The Hall–Kier alpha value is -8.27. The molecule has 4 nitrogen and oxygen atoms in total. The highest BCUT2D eigenvalue weighted by Gasteiger charge is 2.39. The molecular weight excluding hydrogens is 806 g/mol. The van der Waals surface area contributed by atoms with Crippen LogP contribution in [0.15, 0.2) is 224 Å². The second-order valence-corrected chi connectivity index (χ2v) is 16.3. The van der Waals surface area contributed by atoms with Gasteiger partial charge in [0.25, 0.3) is 0 Å². The normalized spacial score (nSPS) is 14.2. The predicted molar refractivity (Wildman–Crippen MR) is 275 cm³/mol. The van der Waals surface area contributed by atoms with Crippen LogP contribution >= 0.6 is 0 Å². The number of nitrogens with zero attached hydrogens (tertiary/aromatic N) is 2. The predicted octanol–water partition coefficient (Wildman–Crippen LogP) is 14.0. The molecule has 1 aliphatic rings. The van der Waals surface area contributed by atoms with Crippen LogP contribution in [0.3, 0.4) is 0 Å². The van der Waals surface area contributed by atoms with Crippen LogP contribution in [0.4, 0.5) is 4.32 Å². The summed E-state index contributed by atoms with van der Waals surface area (Å²) in [4.78, 5) is 3.76. The molecule has 6 aromatic carbocycles. The number of nitrogens with one attached hydrogen (secondary N) is 1. The molecule has 1 radical (unpaired) electrons. The largest absolute Gasteiger partial charge is 0.792 e. The van der Waals surface area contributed by atoms with E-state index in [0.29, 0.717) is 24.5 Å². The van der Waals surface area contributed by atoms with E-state index in [0.717, 1.165) is 106 Å². The quantitative estimate of drug-likeness (QED) is 0.0525. The van der Waals surface area contributed by atoms with E-state index in [1.807, 2.05) is 116 Å². The third-order valence-electron chi connectivity index (χ3n) is 12.3. The molecule has 0 atom stereocenters. The van der Waals surface area contributed by atoms with E-state index in [-0.39, 0.29) is 0 Å². The molecule has 8 rings (SSSR count). The highest BCUT2D eigenvalue weighted by Crippen LogP contribution is 2.43. The fourth-order valence-electron chi connectivity index (χ4n) is 9.21. The topological polar surface area (TPSA) is 68.6 Å². The van der Waals surface area contributed by atoms with E-state index >= 15 is 4.32 Å². The first-order chi connectivity index (χ1) is 32.2. The molecule has 0 saturated heterocycles. The number of aryl methyl sites for hydroxylation is 1. The minimum absolute atomic E-state index is 0.587. The number of nitriles is 1. The van der Waals surface area contributed by atoms with E-state index in [4.69, 9.17) is 5.73 Å². The maximum absolute atomic E-state index is 15.6. The first-order valence-corrected chi connectivity index (χ1v) is 21.9. The summed E-state index contributed by atoms with van der Waals surface area (Å²) in [7, 11) is 0.671. The van der Waals surface area contributed by atoms with Crippen molar-refractivity contribution in [2.75, 3.05) is 0 Å². The molecule has 66 heavy (non-hydrogen) atoms. The second-order valence-electron chi connectivity index (χ2n) is 16.3. The van der Waals surface area contributed by atoms with Crippen LogP contribution in [-0.2, 0) is 0 Å². The number of aromatic nitrogens is 1. The van der Waals surface area contributed by atoms with E-state index in [1.54, 1.807) is 10.6 Å². The minimum Gasteiger partial charge on any atom is -0.398 e. The Morgan fingerprint density at radius 2 is 1.12 bits per heavy atom. The number of rotatable bonds is 13. The van der Waals surface area contributed by atoms with Crippen LogP contribution in [0.1, 0.15) is 69.7 Å². The van der Waals surface area contributed by atoms with Gasteiger partial charge in [-0.2, -0.15) is 5.26 Å². The van der Waals surface area contributed by atoms with Gasteiger partial charge in [0.2, 0.25) is 0 Å². The SMILES string of the molecule is C=C/C=C\C(=C)/C(N)=C(\c1ccccc1)c1ccc(-c2c(C)[nH]c(/C(=C3/C(C)=C(c4ccc(/C(=C(\C#N)c5ccccc5)c5ccccc5)cc4)C(C)=[N+]3[B]F)c3ccccc3)c2C)cc1. The Morgan fingerprint density at radius 3 is 1.64 bits per heavy atom. The molecule has 1 aromatic heterocycles. The van der Waals surface area contributed by atoms with Crippen molar-refractivity contribution >= 4 is 41.3 Å². The van der Waals surface area contributed by atoms with Gasteiger partial charge in [0.05, 0.1) is 22.4 Å². The first-order valence-electron chi connectivity index (χ1n) is 21.9. The third-order valence-corrected chi connectivity index (χ3v) is 12.3. The summed E-state index contributed by atoms with van der Waals surface area (Å²) in [6.45, 7) is 16.3. The molecule has 0 saturated carbocycles. The van der Waals surface area contributed by atoms with Crippen molar-refractivity contribution < 1.29 is 8.80 Å². The van der Waals surface area contributed by atoms with Crippen molar-refractivity contribution in [1.82, 2.24) is 4.98 Å². The summed E-state index contributed by atoms with van der Waals surface area (Å²) in [5.74, 6) is 0. The molecule has 3 N–H and O–H groups in total. The van der Waals surface area contributed by atoms with Crippen molar-refractivity contribution in [3.63, 3.8) is 0 Å². The Bertz CT molecular complexity index is 3200. The fourth-order valence-corrected chi connectivity index (χ4v) is 9.21. The monoisotopic (exact) mass is 856 g/mol. The smallest absolute Gasteiger partial charge is 0.398 e. The van der Waals surface area contributed by atoms with E-state index < -0.39 is 0 Å². The summed E-state index contributed by atoms with van der Waals surface area (Å²) in [6, 6.07) is 59.4. The van der Waals surface area contributed by atoms with Crippen molar-refractivity contribution in [3.8, 4) is 17.2 Å². The van der Waals surface area contributed by atoms with E-state index in [9.17, 15) is 5.26 Å². The van der Waals surface area contributed by atoms with Crippen LogP contribution < -0.4 is 5.73 Å². The second kappa shape index (κ2) is 19.6. The van der Waals surface area contributed by atoms with Crippen molar-refractivity contribution in [2.45, 2.75) is 27.7 Å². The highest BCUT2D eigenvalue weighted by molar-refractivity contribution is 6.30. The third kappa shape index (κ3) is 8.55. The number of nitrogens with two attached hydrogens (primary N) is 1. The van der Waals surface area contributed by atoms with Gasteiger partial charge in [0.1, 0.15) is 6.07 Å². The van der Waals surface area contributed by atoms with Gasteiger partial charge in [-0.1, -0.05) is 201 Å². The van der Waals surface area contributed by atoms with Crippen LogP contribution in [0.5, 0.6) is 0 Å². The van der Waals surface area contributed by atoms with Gasteiger partial charge in [0.15, 0.2) is 11.4 Å². The number of halogens is 1. The number of hydrogen-bond donors (Lipinski definition) is 2. The lowest BCUT2D eigenvalue weighted by Crippen LogP contribution is -2.17. The lowest BCUT2D eigenvalue weighted by Gasteiger charge is -2.15. The average molecular weight is 857 g/mol. The maximum atomic E-state index is 15.6. The number of hydrogen-bond acceptors (Lipinski definition) is 2. The van der Waals surface area contributed by atoms with E-state index in [1.165, 1.54) is 0 Å². The summed E-state index contributed by atoms with van der Waals surface area (Å²) < 4.78 is 17.3. The summed E-state index contributed by atoms with van der Waals surface area (Å²) in [6.07, 6.45) is 5.41. The number of H-pyrrole nitrogens is 1. The molecule has 0 fully saturated rings. The molecule has 0 spiro atoms. The van der Waals surface area contributed by atoms with Gasteiger partial charge in [-0.05, 0) is 76.4 Å². The van der Waals surface area contributed by atoms with Gasteiger partial charge in [-0.3, -0.25) is 0 Å². The molecule has 0 bridgehead atoms. The lowest BCUT2D eigenvalue weighted by atomic mass is 9.88. The van der Waals surface area contributed by atoms with Crippen LogP contribution in [0, 0.1) is 25.2 Å². The number of benzene rings is 6. The molecule has 319 valence electrons. The van der Waals surface area contributed by atoms with Gasteiger partial charge >= 0.3 is 7.69 Å². The fraction of sp³-hybridized carbons (Fsp3) is 0.0667. The first kappa shape index (κ1) is 44.3. The standard InChI is InChI=1S/C60H50BFN4/c1-7-8-21-39(2)58(64)56(46-26-17-11-18-27-46)51-36-30-48(31-37-51)53-40(3)59(65-42(53)5)57(47-28-19-12-20-29-47)60-41(4)54(43(6)66(60)61-62)49-32-34-50(35-33-49)55(45-24-15-10-16-25-45)52(38-63)44-22-13-9-14-23-44/h7-37,65H,1-2,64H2,3-6H3/q+1/b21-8-,55-52+,58-56-. The molecule has 1 aliphatic heterocycles. The Kier molecular flexibility index (Phi) is 13.2. The van der Waals surface area contributed by atoms with Gasteiger partial charge < -0.3 is 10.7 Å². The zero-order valence-electron chi connectivity index (χ0n) is 37.7. The molecule has 0 amide bonds. The lowest BCUT2D eigenvalue weighted by molar-refractivity contribution is -0.320. The van der Waals surface area contributed by atoms with Gasteiger partial charge in [0, 0.05) is 40.6 Å².